The summed E-state index contributed by atoms with van der Waals surface area (Å²) in [4.78, 5) is 22.8. The second-order valence-corrected chi connectivity index (χ2v) is 4.85. The molecule has 0 aliphatic carbocycles. The van der Waals surface area contributed by atoms with Crippen molar-refractivity contribution >= 4 is 40.8 Å². The summed E-state index contributed by atoms with van der Waals surface area (Å²) in [7, 11) is 0. The molecule has 1 N–H and O–H groups in total. The lowest BCUT2D eigenvalue weighted by Crippen LogP contribution is -2.20. The molecule has 0 spiro atoms. The van der Waals surface area contributed by atoms with Gasteiger partial charge in [-0.25, -0.2) is 4.79 Å². The van der Waals surface area contributed by atoms with Crippen molar-refractivity contribution in [3.05, 3.63) is 39.9 Å². The van der Waals surface area contributed by atoms with Crippen LogP contribution in [-0.2, 0) is 14.3 Å². The number of carbonyl (C=O) groups excluding carboxylic acids is 2. The van der Waals surface area contributed by atoms with Crippen LogP contribution >= 0.6 is 23.2 Å². The molecule has 0 radical (unpaired) electrons. The molecule has 6 heteroatoms. The Bertz CT molecular complexity index is 523. The molecule has 1 aromatic rings. The molecular formula is C13H13Cl2NO3. The van der Waals surface area contributed by atoms with E-state index < -0.39 is 11.9 Å². The number of benzene rings is 1. The molecule has 0 fully saturated rings. The first-order valence-electron chi connectivity index (χ1n) is 5.45. The molecule has 0 atom stereocenters. The van der Waals surface area contributed by atoms with E-state index in [9.17, 15) is 9.59 Å². The minimum Gasteiger partial charge on any atom is -0.452 e. The van der Waals surface area contributed by atoms with Gasteiger partial charge in [0.15, 0.2) is 6.61 Å². The molecule has 0 unspecified atom stereocenters. The Morgan fingerprint density at radius 1 is 1.32 bits per heavy atom. The second-order valence-electron chi connectivity index (χ2n) is 4.00. The van der Waals surface area contributed by atoms with Gasteiger partial charge in [0.05, 0.1) is 10.7 Å². The highest BCUT2D eigenvalue weighted by Crippen LogP contribution is 2.25. The van der Waals surface area contributed by atoms with Gasteiger partial charge in [0, 0.05) is 11.1 Å². The number of halogens is 2. The van der Waals surface area contributed by atoms with Crippen molar-refractivity contribution in [1.82, 2.24) is 0 Å². The number of anilines is 1. The third-order valence-electron chi connectivity index (χ3n) is 1.95. The smallest absolute Gasteiger partial charge is 0.331 e. The van der Waals surface area contributed by atoms with Gasteiger partial charge in [0.2, 0.25) is 0 Å². The van der Waals surface area contributed by atoms with Crippen molar-refractivity contribution in [2.45, 2.75) is 13.8 Å². The zero-order valence-corrected chi connectivity index (χ0v) is 12.0. The molecule has 0 aromatic heterocycles. The van der Waals surface area contributed by atoms with Crippen molar-refractivity contribution in [3.63, 3.8) is 0 Å². The van der Waals surface area contributed by atoms with Gasteiger partial charge in [-0.3, -0.25) is 4.79 Å². The maximum absolute atomic E-state index is 11.6. The molecule has 1 rings (SSSR count). The van der Waals surface area contributed by atoms with Crippen molar-refractivity contribution in [1.29, 1.82) is 0 Å². The van der Waals surface area contributed by atoms with Crippen molar-refractivity contribution in [2.24, 2.45) is 0 Å². The van der Waals surface area contributed by atoms with Crippen LogP contribution in [0.25, 0.3) is 0 Å². The van der Waals surface area contributed by atoms with Crippen LogP contribution < -0.4 is 5.32 Å². The maximum atomic E-state index is 11.6. The first kappa shape index (κ1) is 15.5. The maximum Gasteiger partial charge on any atom is 0.331 e. The first-order valence-corrected chi connectivity index (χ1v) is 6.20. The van der Waals surface area contributed by atoms with Crippen LogP contribution in [0.2, 0.25) is 10.0 Å². The van der Waals surface area contributed by atoms with E-state index >= 15 is 0 Å². The predicted octanol–water partition coefficient (Wildman–Crippen LogP) is 3.44. The summed E-state index contributed by atoms with van der Waals surface area (Å²) in [6, 6.07) is 4.68. The average molecular weight is 302 g/mol. The van der Waals surface area contributed by atoms with Crippen LogP contribution in [0.5, 0.6) is 0 Å². The monoisotopic (exact) mass is 301 g/mol. The van der Waals surface area contributed by atoms with E-state index in [0.717, 1.165) is 5.57 Å². The van der Waals surface area contributed by atoms with E-state index in [1.165, 1.54) is 12.1 Å². The minimum absolute atomic E-state index is 0.355. The molecule has 102 valence electrons. The Balaban J connectivity index is 2.54. The Hall–Kier alpha value is -1.52. The molecule has 0 heterocycles. The summed E-state index contributed by atoms with van der Waals surface area (Å²) in [5.41, 5.74) is 1.17. The fraction of sp³-hybridized carbons (Fsp3) is 0.231. The average Bonchev–Trinajstić information content (AvgIpc) is 2.30. The Morgan fingerprint density at radius 3 is 2.63 bits per heavy atom. The number of allylic oxidation sites excluding steroid dienone is 1. The third-order valence-corrected chi connectivity index (χ3v) is 2.52. The number of carbonyl (C=O) groups is 2. The highest BCUT2D eigenvalue weighted by atomic mass is 35.5. The summed E-state index contributed by atoms with van der Waals surface area (Å²) in [5, 5.41) is 3.31. The lowest BCUT2D eigenvalue weighted by molar-refractivity contribution is -0.142. The summed E-state index contributed by atoms with van der Waals surface area (Å²) in [6.07, 6.45) is 1.31. The van der Waals surface area contributed by atoms with E-state index in [1.54, 1.807) is 26.0 Å². The fourth-order valence-electron chi connectivity index (χ4n) is 1.19. The molecule has 1 amide bonds. The highest BCUT2D eigenvalue weighted by Gasteiger charge is 2.08. The Labute approximate surface area is 121 Å². The number of ether oxygens (including phenoxy) is 1. The van der Waals surface area contributed by atoms with Crippen LogP contribution in [0.1, 0.15) is 13.8 Å². The van der Waals surface area contributed by atoms with E-state index in [2.05, 4.69) is 5.32 Å². The van der Waals surface area contributed by atoms with Gasteiger partial charge in [0.25, 0.3) is 5.91 Å². The number of nitrogens with one attached hydrogen (secondary N) is 1. The zero-order valence-electron chi connectivity index (χ0n) is 10.5. The minimum atomic E-state index is -0.563. The standard InChI is InChI=1S/C13H13Cl2NO3/c1-8(2)5-13(18)19-7-12(17)16-11-6-9(14)3-4-10(11)15/h3-6H,7H2,1-2H3,(H,16,17). The van der Waals surface area contributed by atoms with Gasteiger partial charge in [-0.15, -0.1) is 0 Å². The molecular weight excluding hydrogens is 289 g/mol. The van der Waals surface area contributed by atoms with Crippen molar-refractivity contribution < 1.29 is 14.3 Å². The number of hydrogen-bond acceptors (Lipinski definition) is 3. The highest BCUT2D eigenvalue weighted by molar-refractivity contribution is 6.35. The lowest BCUT2D eigenvalue weighted by Gasteiger charge is -2.07. The predicted molar refractivity (Wildman–Crippen MR) is 75.5 cm³/mol. The largest absolute Gasteiger partial charge is 0.452 e. The SMILES string of the molecule is CC(C)=CC(=O)OCC(=O)Nc1cc(Cl)ccc1Cl. The van der Waals surface area contributed by atoms with Crippen molar-refractivity contribution in [2.75, 3.05) is 11.9 Å². The number of amides is 1. The second kappa shape index (κ2) is 7.16. The quantitative estimate of drug-likeness (QED) is 0.684. The van der Waals surface area contributed by atoms with Crippen LogP contribution in [0, 0.1) is 0 Å². The summed E-state index contributed by atoms with van der Waals surface area (Å²) in [6.45, 7) is 3.13. The third kappa shape index (κ3) is 5.77. The van der Waals surface area contributed by atoms with E-state index in [0.29, 0.717) is 15.7 Å². The topological polar surface area (TPSA) is 55.4 Å². The normalized spacial score (nSPS) is 9.68. The fourth-order valence-corrected chi connectivity index (χ4v) is 1.53. The Morgan fingerprint density at radius 2 is 2.00 bits per heavy atom. The van der Waals surface area contributed by atoms with Crippen LogP contribution in [0.4, 0.5) is 5.69 Å². The van der Waals surface area contributed by atoms with Crippen LogP contribution in [0.15, 0.2) is 29.8 Å². The van der Waals surface area contributed by atoms with Crippen molar-refractivity contribution in [3.8, 4) is 0 Å². The lowest BCUT2D eigenvalue weighted by atomic mass is 10.3. The molecule has 1 aromatic carbocycles. The zero-order chi connectivity index (χ0) is 14.4. The van der Waals surface area contributed by atoms with Crippen LogP contribution in [0.3, 0.4) is 0 Å². The Kier molecular flexibility index (Phi) is 5.86. The number of esters is 1. The molecule has 19 heavy (non-hydrogen) atoms. The summed E-state index contributed by atoms with van der Waals surface area (Å²) < 4.78 is 4.75. The van der Waals surface area contributed by atoms with E-state index in [1.807, 2.05) is 0 Å². The van der Waals surface area contributed by atoms with Gasteiger partial charge in [-0.1, -0.05) is 28.8 Å². The molecule has 0 aliphatic heterocycles. The molecule has 0 saturated carbocycles. The van der Waals surface area contributed by atoms with Gasteiger partial charge in [0.1, 0.15) is 0 Å². The van der Waals surface area contributed by atoms with E-state index in [4.69, 9.17) is 27.9 Å². The molecule has 0 aliphatic rings. The molecule has 0 bridgehead atoms. The number of hydrogen-bond donors (Lipinski definition) is 1. The van der Waals surface area contributed by atoms with Gasteiger partial charge in [-0.2, -0.15) is 0 Å². The molecule has 0 saturated heterocycles. The van der Waals surface area contributed by atoms with E-state index in [-0.39, 0.29) is 6.61 Å². The van der Waals surface area contributed by atoms with Gasteiger partial charge >= 0.3 is 5.97 Å². The summed E-state index contributed by atoms with van der Waals surface area (Å²) in [5.74, 6) is -1.05. The van der Waals surface area contributed by atoms with Gasteiger partial charge in [-0.05, 0) is 32.0 Å². The van der Waals surface area contributed by atoms with Crippen LogP contribution in [-0.4, -0.2) is 18.5 Å². The summed E-state index contributed by atoms with van der Waals surface area (Å²) >= 11 is 11.7. The van der Waals surface area contributed by atoms with Gasteiger partial charge < -0.3 is 10.1 Å². The number of rotatable bonds is 4. The first-order chi connectivity index (χ1) is 8.88. The molecule has 4 nitrogen and oxygen atoms in total.